The van der Waals surface area contributed by atoms with Gasteiger partial charge >= 0.3 is 6.09 Å². The predicted molar refractivity (Wildman–Crippen MR) is 182 cm³/mol. The molecular formula is C38H49F3N6O2. The van der Waals surface area contributed by atoms with Gasteiger partial charge in [0.2, 0.25) is 0 Å². The molecule has 1 aliphatic carbocycles. The number of hydrogen-bond acceptors (Lipinski definition) is 7. The average molecular weight is 679 g/mol. The van der Waals surface area contributed by atoms with Gasteiger partial charge in [0.1, 0.15) is 12.0 Å². The summed E-state index contributed by atoms with van der Waals surface area (Å²) in [5.41, 5.74) is 1.66. The number of nitrogens with zero attached hydrogens (tertiary/aromatic N) is 5. The first kappa shape index (κ1) is 34.1. The number of carbonyl (C=O) groups excluding carboxylic acids is 1. The molecule has 2 aromatic carbocycles. The number of rotatable bonds is 11. The van der Waals surface area contributed by atoms with Crippen molar-refractivity contribution in [3.63, 3.8) is 0 Å². The Labute approximate surface area is 288 Å². The van der Waals surface area contributed by atoms with Crippen LogP contribution in [0.15, 0.2) is 42.5 Å². The molecule has 4 saturated heterocycles. The van der Waals surface area contributed by atoms with E-state index in [-0.39, 0.29) is 29.1 Å². The molecule has 5 aliphatic rings. The minimum Gasteiger partial charge on any atom is -0.453 e. The number of hydrogen-bond donors (Lipinski definition) is 1. The molecule has 1 N–H and O–H groups in total. The van der Waals surface area contributed by atoms with Crippen LogP contribution < -0.4 is 10.2 Å². The van der Waals surface area contributed by atoms with Gasteiger partial charge in [0, 0.05) is 49.9 Å². The van der Waals surface area contributed by atoms with Crippen LogP contribution in [0.3, 0.4) is 0 Å². The van der Waals surface area contributed by atoms with Crippen molar-refractivity contribution in [2.75, 3.05) is 77.5 Å². The number of halogens is 3. The Balaban J connectivity index is 1.04. The van der Waals surface area contributed by atoms with Gasteiger partial charge in [-0.3, -0.25) is 9.80 Å². The Morgan fingerprint density at radius 1 is 1.02 bits per heavy atom. The third-order valence-corrected chi connectivity index (χ3v) is 12.1. The molecule has 0 spiro atoms. The molecule has 3 atom stereocenters. The van der Waals surface area contributed by atoms with Gasteiger partial charge in [0.05, 0.1) is 31.8 Å². The summed E-state index contributed by atoms with van der Waals surface area (Å²) in [5, 5.41) is 12.7. The first-order valence-corrected chi connectivity index (χ1v) is 18.1. The zero-order valence-corrected chi connectivity index (χ0v) is 28.6. The van der Waals surface area contributed by atoms with E-state index in [1.54, 1.807) is 12.1 Å². The molecule has 4 aliphatic heterocycles. The van der Waals surface area contributed by atoms with Crippen LogP contribution in [-0.2, 0) is 16.7 Å². The first-order chi connectivity index (χ1) is 23.7. The number of alkyl carbamates (subject to hydrolysis) is 1. The highest BCUT2D eigenvalue weighted by molar-refractivity contribution is 5.67. The molecule has 11 heteroatoms. The van der Waals surface area contributed by atoms with E-state index in [9.17, 15) is 18.8 Å². The molecule has 49 heavy (non-hydrogen) atoms. The third kappa shape index (κ3) is 7.02. The predicted octanol–water partition coefficient (Wildman–Crippen LogP) is 5.26. The van der Waals surface area contributed by atoms with Crippen LogP contribution in [0.2, 0.25) is 0 Å². The Hall–Kier alpha value is -3.33. The van der Waals surface area contributed by atoms with Crippen molar-refractivity contribution < 1.29 is 22.7 Å². The summed E-state index contributed by atoms with van der Waals surface area (Å²) in [7, 11) is 1.40. The maximum Gasteiger partial charge on any atom is 0.407 e. The molecule has 0 aromatic heterocycles. The highest BCUT2D eigenvalue weighted by Crippen LogP contribution is 2.51. The van der Waals surface area contributed by atoms with Gasteiger partial charge in [-0.05, 0) is 112 Å². The van der Waals surface area contributed by atoms with Crippen molar-refractivity contribution in [3.8, 4) is 6.07 Å². The molecule has 5 fully saturated rings. The van der Waals surface area contributed by atoms with Crippen LogP contribution in [0, 0.1) is 29.0 Å². The van der Waals surface area contributed by atoms with Crippen LogP contribution in [0.25, 0.3) is 0 Å². The first-order valence-electron chi connectivity index (χ1n) is 18.1. The minimum atomic E-state index is -1.34. The topological polar surface area (TPSA) is 75.1 Å². The monoisotopic (exact) mass is 678 g/mol. The fourth-order valence-corrected chi connectivity index (χ4v) is 9.56. The Morgan fingerprint density at radius 2 is 1.80 bits per heavy atom. The van der Waals surface area contributed by atoms with Crippen LogP contribution in [0.1, 0.15) is 55.2 Å². The van der Waals surface area contributed by atoms with E-state index in [0.29, 0.717) is 44.8 Å². The van der Waals surface area contributed by atoms with E-state index in [1.165, 1.54) is 13.2 Å². The van der Waals surface area contributed by atoms with Gasteiger partial charge in [0.25, 0.3) is 0 Å². The molecule has 8 nitrogen and oxygen atoms in total. The molecule has 1 saturated carbocycles. The number of likely N-dealkylation sites (tertiary alicyclic amines) is 3. The second-order valence-electron chi connectivity index (χ2n) is 15.3. The summed E-state index contributed by atoms with van der Waals surface area (Å²) in [6.07, 6.45) is 4.50. The zero-order chi connectivity index (χ0) is 34.2. The van der Waals surface area contributed by atoms with Crippen molar-refractivity contribution in [2.45, 2.75) is 68.4 Å². The van der Waals surface area contributed by atoms with Gasteiger partial charge in [0.15, 0.2) is 5.67 Å². The number of ether oxygens (including phenoxy) is 1. The van der Waals surface area contributed by atoms with E-state index in [1.807, 2.05) is 28.0 Å². The summed E-state index contributed by atoms with van der Waals surface area (Å²) in [5.74, 6) is 0.145. The van der Waals surface area contributed by atoms with Crippen molar-refractivity contribution in [3.05, 3.63) is 65.0 Å². The van der Waals surface area contributed by atoms with Crippen molar-refractivity contribution in [2.24, 2.45) is 11.8 Å². The van der Waals surface area contributed by atoms with E-state index < -0.39 is 17.9 Å². The van der Waals surface area contributed by atoms with Gasteiger partial charge in [-0.2, -0.15) is 5.26 Å². The van der Waals surface area contributed by atoms with Crippen LogP contribution in [0.5, 0.6) is 0 Å². The van der Waals surface area contributed by atoms with Gasteiger partial charge in [-0.25, -0.2) is 18.0 Å². The molecule has 1 amide bonds. The summed E-state index contributed by atoms with van der Waals surface area (Å²) >= 11 is 0. The highest BCUT2D eigenvalue weighted by Gasteiger charge is 2.54. The minimum absolute atomic E-state index is 0.0562. The van der Waals surface area contributed by atoms with E-state index in [0.717, 1.165) is 88.1 Å². The Kier molecular flexibility index (Phi) is 9.84. The highest BCUT2D eigenvalue weighted by atomic mass is 19.1. The van der Waals surface area contributed by atoms with Crippen molar-refractivity contribution >= 4 is 11.8 Å². The third-order valence-electron chi connectivity index (χ3n) is 12.1. The number of anilines is 1. The van der Waals surface area contributed by atoms with Crippen LogP contribution >= 0.6 is 0 Å². The lowest BCUT2D eigenvalue weighted by Gasteiger charge is -2.54. The summed E-state index contributed by atoms with van der Waals surface area (Å²) in [6.45, 7) is 6.64. The smallest absolute Gasteiger partial charge is 0.407 e. The summed E-state index contributed by atoms with van der Waals surface area (Å²) < 4.78 is 49.6. The maximum atomic E-state index is 16.2. The number of carbonyl (C=O) groups is 1. The molecule has 2 aromatic rings. The lowest BCUT2D eigenvalue weighted by atomic mass is 9.57. The number of benzene rings is 2. The Morgan fingerprint density at radius 3 is 2.45 bits per heavy atom. The molecule has 1 unspecified atom stereocenters. The molecular weight excluding hydrogens is 629 g/mol. The number of alkyl halides is 2. The quantitative estimate of drug-likeness (QED) is 0.348. The molecule has 4 heterocycles. The van der Waals surface area contributed by atoms with Gasteiger partial charge in [-0.1, -0.05) is 18.6 Å². The van der Waals surface area contributed by atoms with Crippen LogP contribution in [0.4, 0.5) is 23.7 Å². The fourth-order valence-electron chi connectivity index (χ4n) is 9.56. The lowest BCUT2D eigenvalue weighted by molar-refractivity contribution is 0.00583. The largest absolute Gasteiger partial charge is 0.453 e. The number of methoxy groups -OCH3 is 1. The zero-order valence-electron chi connectivity index (χ0n) is 28.6. The van der Waals surface area contributed by atoms with E-state index >= 15 is 4.39 Å². The SMILES string of the molecule is COC(=O)N[C@H]1CCC[C@@H]1C(CN1CCC1)(c1cccc(F)c1)C1CCN(CC2(F)CN(c3ccc(C#N)c(CN4CC(F)C4)c3)C2)CC1. The second-order valence-corrected chi connectivity index (χ2v) is 15.3. The number of piperidine rings is 1. The summed E-state index contributed by atoms with van der Waals surface area (Å²) in [6, 6.07) is 15.0. The number of amides is 1. The number of nitriles is 1. The van der Waals surface area contributed by atoms with Crippen molar-refractivity contribution in [1.29, 1.82) is 5.26 Å². The molecule has 0 bridgehead atoms. The maximum absolute atomic E-state index is 16.2. The number of nitrogens with one attached hydrogen (secondary N) is 1. The normalized spacial score (nSPS) is 26.2. The van der Waals surface area contributed by atoms with Gasteiger partial charge < -0.3 is 19.9 Å². The summed E-state index contributed by atoms with van der Waals surface area (Å²) in [4.78, 5) is 21.2. The Bertz CT molecular complexity index is 1530. The molecule has 0 radical (unpaired) electrons. The lowest BCUT2D eigenvalue weighted by Crippen LogP contribution is -2.65. The van der Waals surface area contributed by atoms with Crippen LogP contribution in [-0.4, -0.2) is 111 Å². The second kappa shape index (κ2) is 14.1. The molecule has 264 valence electrons. The van der Waals surface area contributed by atoms with Gasteiger partial charge in [-0.15, -0.1) is 0 Å². The average Bonchev–Trinajstić information content (AvgIpc) is 3.51. The van der Waals surface area contributed by atoms with E-state index in [2.05, 4.69) is 27.3 Å². The van der Waals surface area contributed by atoms with Crippen molar-refractivity contribution in [1.82, 2.24) is 20.0 Å². The van der Waals surface area contributed by atoms with E-state index in [4.69, 9.17) is 4.74 Å². The molecule has 7 rings (SSSR count). The standard InChI is InChI=1S/C38H49F3N6O2/c1-49-36(48)43-35-8-3-7-34(35)38(26-44-13-4-14-44,30-5-2-6-31(39)18-30)29-11-15-45(16-12-29)23-37(41)24-47(25-37)33-10-9-27(19-42)28(17-33)20-46-21-32(40)22-46/h2,5-6,9-10,17-18,29,32,34-35H,3-4,7-8,11-16,20-26H2,1H3,(H,43,48)/t34-,35-,38?/m0/s1. The fraction of sp³-hybridized carbons (Fsp3) is 0.632.